The van der Waals surface area contributed by atoms with Crippen LogP contribution in [0.1, 0.15) is 12.6 Å². The number of aryl methyl sites for hydroxylation is 1. The zero-order valence-electron chi connectivity index (χ0n) is 9.79. The number of H-pyrrole nitrogens is 1. The third-order valence-electron chi connectivity index (χ3n) is 2.74. The number of aromatic nitrogens is 5. The number of fused-ring (bicyclic) bond motifs is 1. The molecule has 0 aliphatic heterocycles. The molecule has 0 aliphatic rings. The fourth-order valence-corrected chi connectivity index (χ4v) is 1.85. The topological polar surface area (TPSA) is 75.9 Å². The lowest BCUT2D eigenvalue weighted by Crippen LogP contribution is -2.13. The highest BCUT2D eigenvalue weighted by atomic mass is 16.1. The number of nitrogens with zero attached hydrogens (tertiary/aromatic N) is 4. The van der Waals surface area contributed by atoms with Crippen LogP contribution in [0.15, 0.2) is 35.4 Å². The largest absolute Gasteiger partial charge is 0.349 e. The third-order valence-corrected chi connectivity index (χ3v) is 2.74. The first kappa shape index (κ1) is 10.6. The fraction of sp³-hybridized carbons (Fsp3) is 0.167. The minimum atomic E-state index is -0.293. The van der Waals surface area contributed by atoms with Crippen molar-refractivity contribution in [2.45, 2.75) is 13.3 Å². The molecular formula is C12H11N5O. The Bertz CT molecular complexity index is 744. The van der Waals surface area contributed by atoms with E-state index in [0.29, 0.717) is 11.5 Å². The lowest BCUT2D eigenvalue weighted by Gasteiger charge is -2.05. The van der Waals surface area contributed by atoms with Crippen molar-refractivity contribution in [2.75, 3.05) is 0 Å². The highest BCUT2D eigenvalue weighted by Gasteiger charge is 2.11. The maximum Gasteiger partial charge on any atom is 0.349 e. The van der Waals surface area contributed by atoms with Gasteiger partial charge in [0.25, 0.3) is 0 Å². The summed E-state index contributed by atoms with van der Waals surface area (Å²) in [5, 5.41) is 6.41. The Balaban J connectivity index is 2.39. The summed E-state index contributed by atoms with van der Waals surface area (Å²) in [7, 11) is 0. The van der Waals surface area contributed by atoms with E-state index in [2.05, 4.69) is 20.2 Å². The van der Waals surface area contributed by atoms with Gasteiger partial charge in [0.2, 0.25) is 0 Å². The molecule has 0 aliphatic carbocycles. The van der Waals surface area contributed by atoms with Crippen molar-refractivity contribution in [3.8, 4) is 11.4 Å². The van der Waals surface area contributed by atoms with Crippen LogP contribution in [0, 0.1) is 0 Å². The molecule has 0 saturated carbocycles. The van der Waals surface area contributed by atoms with E-state index in [9.17, 15) is 4.79 Å². The van der Waals surface area contributed by atoms with Crippen molar-refractivity contribution in [1.29, 1.82) is 0 Å². The molecule has 0 saturated heterocycles. The Hall–Kier alpha value is -2.50. The van der Waals surface area contributed by atoms with E-state index in [1.165, 1.54) is 4.40 Å². The molecule has 90 valence electrons. The summed E-state index contributed by atoms with van der Waals surface area (Å²) < 4.78 is 1.45. The van der Waals surface area contributed by atoms with Gasteiger partial charge in [-0.15, -0.1) is 0 Å². The zero-order chi connectivity index (χ0) is 12.5. The second-order valence-corrected chi connectivity index (χ2v) is 3.89. The van der Waals surface area contributed by atoms with E-state index >= 15 is 0 Å². The second-order valence-electron chi connectivity index (χ2n) is 3.89. The molecule has 0 amide bonds. The van der Waals surface area contributed by atoms with Gasteiger partial charge in [-0.25, -0.2) is 19.3 Å². The number of hydrogen-bond acceptors (Lipinski definition) is 4. The van der Waals surface area contributed by atoms with Crippen LogP contribution in [0.2, 0.25) is 0 Å². The van der Waals surface area contributed by atoms with E-state index in [1.807, 2.05) is 19.1 Å². The van der Waals surface area contributed by atoms with E-state index in [1.54, 1.807) is 18.5 Å². The molecule has 3 rings (SSSR count). The van der Waals surface area contributed by atoms with Gasteiger partial charge < -0.3 is 0 Å². The summed E-state index contributed by atoms with van der Waals surface area (Å²) in [6.45, 7) is 2.01. The van der Waals surface area contributed by atoms with Gasteiger partial charge >= 0.3 is 5.69 Å². The van der Waals surface area contributed by atoms with Crippen LogP contribution < -0.4 is 5.69 Å². The van der Waals surface area contributed by atoms with Crippen molar-refractivity contribution in [1.82, 2.24) is 24.6 Å². The van der Waals surface area contributed by atoms with Crippen molar-refractivity contribution in [3.63, 3.8) is 0 Å². The fourth-order valence-electron chi connectivity index (χ4n) is 1.85. The molecule has 3 aromatic rings. The van der Waals surface area contributed by atoms with Gasteiger partial charge in [-0.1, -0.05) is 6.92 Å². The highest BCUT2D eigenvalue weighted by Crippen LogP contribution is 2.16. The Morgan fingerprint density at radius 3 is 3.06 bits per heavy atom. The predicted molar refractivity (Wildman–Crippen MR) is 66.2 cm³/mol. The number of hydrogen-bond donors (Lipinski definition) is 1. The molecule has 0 aromatic carbocycles. The van der Waals surface area contributed by atoms with Gasteiger partial charge in [0.15, 0.2) is 11.5 Å². The Kier molecular flexibility index (Phi) is 2.40. The van der Waals surface area contributed by atoms with Gasteiger partial charge in [0.05, 0.1) is 0 Å². The standard InChI is InChI=1S/C12H11N5O/c1-2-9-6-10-15-16-12(18)17(10)11(14-9)8-4-3-5-13-7-8/h3-7H,2H2,1H3,(H,16,18). The normalized spacial score (nSPS) is 10.9. The lowest BCUT2D eigenvalue weighted by molar-refractivity contribution is 0.960. The Labute approximate surface area is 102 Å². The maximum atomic E-state index is 11.8. The van der Waals surface area contributed by atoms with Crippen LogP contribution in [0.5, 0.6) is 0 Å². The number of rotatable bonds is 2. The molecule has 0 bridgehead atoms. The van der Waals surface area contributed by atoms with E-state index in [0.717, 1.165) is 17.7 Å². The van der Waals surface area contributed by atoms with Gasteiger partial charge in [-0.2, -0.15) is 5.10 Å². The monoisotopic (exact) mass is 241 g/mol. The average molecular weight is 241 g/mol. The van der Waals surface area contributed by atoms with Gasteiger partial charge in [-0.05, 0) is 18.6 Å². The van der Waals surface area contributed by atoms with E-state index in [4.69, 9.17) is 0 Å². The number of nitrogens with one attached hydrogen (secondary N) is 1. The Morgan fingerprint density at radius 1 is 1.44 bits per heavy atom. The molecular weight excluding hydrogens is 230 g/mol. The van der Waals surface area contributed by atoms with Gasteiger partial charge in [0, 0.05) is 29.7 Å². The summed E-state index contributed by atoms with van der Waals surface area (Å²) >= 11 is 0. The van der Waals surface area contributed by atoms with Crippen molar-refractivity contribution < 1.29 is 0 Å². The van der Waals surface area contributed by atoms with Gasteiger partial charge in [-0.3, -0.25) is 4.98 Å². The predicted octanol–water partition coefficient (Wildman–Crippen LogP) is 1.04. The van der Waals surface area contributed by atoms with Crippen LogP contribution in [0.25, 0.3) is 17.0 Å². The zero-order valence-corrected chi connectivity index (χ0v) is 9.79. The minimum absolute atomic E-state index is 0.293. The Morgan fingerprint density at radius 2 is 2.33 bits per heavy atom. The summed E-state index contributed by atoms with van der Waals surface area (Å²) in [6.07, 6.45) is 4.15. The molecule has 0 spiro atoms. The smallest absolute Gasteiger partial charge is 0.264 e. The average Bonchev–Trinajstić information content (AvgIpc) is 2.80. The molecule has 3 heterocycles. The van der Waals surface area contributed by atoms with Crippen molar-refractivity contribution >= 4 is 5.65 Å². The summed E-state index contributed by atoms with van der Waals surface area (Å²) in [6, 6.07) is 5.48. The first-order chi connectivity index (χ1) is 8.79. The molecule has 0 fully saturated rings. The van der Waals surface area contributed by atoms with Crippen molar-refractivity contribution in [3.05, 3.63) is 46.8 Å². The SMILES string of the molecule is CCc1cc2n[nH]c(=O)n2c(-c2cccnc2)n1. The second kappa shape index (κ2) is 4.06. The van der Waals surface area contributed by atoms with Crippen molar-refractivity contribution in [2.24, 2.45) is 0 Å². The molecule has 3 aromatic heterocycles. The molecule has 18 heavy (non-hydrogen) atoms. The van der Waals surface area contributed by atoms with E-state index < -0.39 is 0 Å². The van der Waals surface area contributed by atoms with Gasteiger partial charge in [0.1, 0.15) is 0 Å². The maximum absolute atomic E-state index is 11.8. The summed E-state index contributed by atoms with van der Waals surface area (Å²) in [5.74, 6) is 0.566. The molecule has 0 unspecified atom stereocenters. The molecule has 0 atom stereocenters. The number of aromatic amines is 1. The van der Waals surface area contributed by atoms with Crippen LogP contribution >= 0.6 is 0 Å². The number of pyridine rings is 1. The van der Waals surface area contributed by atoms with Crippen LogP contribution in [-0.4, -0.2) is 24.6 Å². The lowest BCUT2D eigenvalue weighted by atomic mass is 10.2. The van der Waals surface area contributed by atoms with E-state index in [-0.39, 0.29) is 5.69 Å². The molecule has 1 N–H and O–H groups in total. The molecule has 6 heteroatoms. The van der Waals surface area contributed by atoms with Crippen LogP contribution in [0.3, 0.4) is 0 Å². The quantitative estimate of drug-likeness (QED) is 0.727. The molecule has 6 nitrogen and oxygen atoms in total. The first-order valence-electron chi connectivity index (χ1n) is 5.67. The first-order valence-corrected chi connectivity index (χ1v) is 5.67. The summed E-state index contributed by atoms with van der Waals surface area (Å²) in [5.41, 5.74) is 1.96. The van der Waals surface area contributed by atoms with Crippen LogP contribution in [-0.2, 0) is 6.42 Å². The molecule has 0 radical (unpaired) electrons. The third kappa shape index (κ3) is 1.58. The minimum Gasteiger partial charge on any atom is -0.264 e. The highest BCUT2D eigenvalue weighted by molar-refractivity contribution is 5.58. The summed E-state index contributed by atoms with van der Waals surface area (Å²) in [4.78, 5) is 20.3. The van der Waals surface area contributed by atoms with Crippen LogP contribution in [0.4, 0.5) is 0 Å².